The summed E-state index contributed by atoms with van der Waals surface area (Å²) >= 11 is 0. The van der Waals surface area contributed by atoms with Crippen LogP contribution in [0.3, 0.4) is 0 Å². The van der Waals surface area contributed by atoms with Gasteiger partial charge >= 0.3 is 0 Å². The minimum absolute atomic E-state index is 0.106. The van der Waals surface area contributed by atoms with Crippen molar-refractivity contribution in [2.75, 3.05) is 19.7 Å². The third-order valence-electron chi connectivity index (χ3n) is 2.70. The van der Waals surface area contributed by atoms with E-state index in [1.54, 1.807) is 13.0 Å². The van der Waals surface area contributed by atoms with E-state index in [9.17, 15) is 15.0 Å². The smallest absolute Gasteiger partial charge is 0.264 e. The van der Waals surface area contributed by atoms with Crippen LogP contribution in [0.4, 0.5) is 0 Å². The van der Waals surface area contributed by atoms with Crippen LogP contribution >= 0.6 is 0 Å². The molecule has 0 unspecified atom stereocenters. The van der Waals surface area contributed by atoms with Gasteiger partial charge in [0.1, 0.15) is 11.6 Å². The average molecular weight is 276 g/mol. The third-order valence-corrected chi connectivity index (χ3v) is 2.70. The number of hydrogen-bond acceptors (Lipinski definition) is 5. The number of phenols is 2. The molecule has 6 nitrogen and oxygen atoms in total. The number of aliphatic hydroxyl groups is 1. The van der Waals surface area contributed by atoms with Crippen LogP contribution in [0.25, 0.3) is 6.08 Å². The van der Waals surface area contributed by atoms with E-state index >= 15 is 0 Å². The van der Waals surface area contributed by atoms with Crippen molar-refractivity contribution >= 4 is 12.0 Å². The monoisotopic (exact) mass is 276 g/mol. The Balaban J connectivity index is 3.05. The van der Waals surface area contributed by atoms with Gasteiger partial charge in [-0.1, -0.05) is 6.07 Å². The number of rotatable bonds is 5. The summed E-state index contributed by atoms with van der Waals surface area (Å²) < 4.78 is 0. The van der Waals surface area contributed by atoms with Gasteiger partial charge in [-0.2, -0.15) is 5.26 Å². The number of hydrogen-bond donors (Lipinski definition) is 3. The van der Waals surface area contributed by atoms with Crippen molar-refractivity contribution in [1.82, 2.24) is 4.90 Å². The first-order chi connectivity index (χ1) is 9.53. The van der Waals surface area contributed by atoms with Crippen LogP contribution in [-0.4, -0.2) is 45.8 Å². The molecule has 1 rings (SSSR count). The predicted molar refractivity (Wildman–Crippen MR) is 72.7 cm³/mol. The molecule has 0 aliphatic heterocycles. The lowest BCUT2D eigenvalue weighted by Crippen LogP contribution is -2.34. The summed E-state index contributed by atoms with van der Waals surface area (Å²) in [7, 11) is 0. The number of aliphatic hydroxyl groups excluding tert-OH is 1. The van der Waals surface area contributed by atoms with Gasteiger partial charge in [-0.05, 0) is 30.7 Å². The van der Waals surface area contributed by atoms with Gasteiger partial charge in [0.05, 0.1) is 6.61 Å². The Morgan fingerprint density at radius 2 is 2.10 bits per heavy atom. The lowest BCUT2D eigenvalue weighted by molar-refractivity contribution is -0.126. The highest BCUT2D eigenvalue weighted by molar-refractivity contribution is 6.01. The van der Waals surface area contributed by atoms with E-state index in [-0.39, 0.29) is 30.2 Å². The zero-order valence-electron chi connectivity index (χ0n) is 11.1. The van der Waals surface area contributed by atoms with Crippen LogP contribution in [0.1, 0.15) is 12.5 Å². The van der Waals surface area contributed by atoms with Crippen molar-refractivity contribution in [2.24, 2.45) is 0 Å². The summed E-state index contributed by atoms with van der Waals surface area (Å²) in [6, 6.07) is 5.80. The van der Waals surface area contributed by atoms with E-state index in [2.05, 4.69) is 0 Å². The molecular weight excluding hydrogens is 260 g/mol. The second-order valence-corrected chi connectivity index (χ2v) is 4.03. The first-order valence-electron chi connectivity index (χ1n) is 6.07. The van der Waals surface area contributed by atoms with Crippen LogP contribution in [0.15, 0.2) is 23.8 Å². The van der Waals surface area contributed by atoms with E-state index in [1.165, 1.54) is 29.2 Å². The van der Waals surface area contributed by atoms with Gasteiger partial charge in [0.25, 0.3) is 5.91 Å². The fourth-order valence-corrected chi connectivity index (χ4v) is 1.63. The normalized spacial score (nSPS) is 10.9. The zero-order valence-corrected chi connectivity index (χ0v) is 11.1. The Bertz CT molecular complexity index is 561. The van der Waals surface area contributed by atoms with E-state index in [0.717, 1.165) is 0 Å². The van der Waals surface area contributed by atoms with Gasteiger partial charge < -0.3 is 20.2 Å². The highest BCUT2D eigenvalue weighted by atomic mass is 16.3. The molecule has 1 amide bonds. The molecule has 0 aromatic heterocycles. The fourth-order valence-electron chi connectivity index (χ4n) is 1.63. The van der Waals surface area contributed by atoms with Crippen molar-refractivity contribution in [1.29, 1.82) is 5.26 Å². The Hall–Kier alpha value is -2.52. The molecule has 0 heterocycles. The highest BCUT2D eigenvalue weighted by Crippen LogP contribution is 2.26. The largest absolute Gasteiger partial charge is 0.504 e. The number of phenolic OH excluding ortho intramolecular Hbond substituents is 2. The molecule has 6 heteroatoms. The van der Waals surface area contributed by atoms with Gasteiger partial charge in [-0.15, -0.1) is 0 Å². The standard InChI is InChI=1S/C14H16N2O4/c1-2-16(5-6-17)14(20)11(9-15)7-10-3-4-12(18)13(19)8-10/h3-4,7-8,17-19H,2,5-6H2,1H3/b11-7+. The number of likely N-dealkylation sites (N-methyl/N-ethyl adjacent to an activating group) is 1. The number of amides is 1. The Morgan fingerprint density at radius 3 is 2.60 bits per heavy atom. The number of benzene rings is 1. The molecule has 0 spiro atoms. The number of nitriles is 1. The first-order valence-corrected chi connectivity index (χ1v) is 6.07. The second-order valence-electron chi connectivity index (χ2n) is 4.03. The molecule has 106 valence electrons. The highest BCUT2D eigenvalue weighted by Gasteiger charge is 2.16. The summed E-state index contributed by atoms with van der Waals surface area (Å²) in [5.74, 6) is -1.09. The number of aromatic hydroxyl groups is 2. The predicted octanol–water partition coefficient (Wildman–Crippen LogP) is 0.846. The van der Waals surface area contributed by atoms with Gasteiger partial charge in [-0.25, -0.2) is 0 Å². The van der Waals surface area contributed by atoms with Crippen molar-refractivity contribution in [3.8, 4) is 17.6 Å². The Labute approximate surface area is 116 Å². The Morgan fingerprint density at radius 1 is 1.40 bits per heavy atom. The van der Waals surface area contributed by atoms with Crippen LogP contribution in [0, 0.1) is 11.3 Å². The van der Waals surface area contributed by atoms with Crippen molar-refractivity contribution in [3.05, 3.63) is 29.3 Å². The maximum atomic E-state index is 12.1. The maximum absolute atomic E-state index is 12.1. The minimum atomic E-state index is -0.489. The number of carbonyl (C=O) groups is 1. The maximum Gasteiger partial charge on any atom is 0.264 e. The summed E-state index contributed by atoms with van der Waals surface area (Å²) in [4.78, 5) is 13.4. The van der Waals surface area contributed by atoms with Crippen LogP contribution in [0.2, 0.25) is 0 Å². The SMILES string of the molecule is CCN(CCO)C(=O)/C(C#N)=C/c1ccc(O)c(O)c1. The zero-order chi connectivity index (χ0) is 15.1. The topological polar surface area (TPSA) is 105 Å². The molecule has 0 aliphatic rings. The summed E-state index contributed by atoms with van der Waals surface area (Å²) in [5.41, 5.74) is 0.315. The quantitative estimate of drug-likeness (QED) is 0.420. The van der Waals surface area contributed by atoms with Gasteiger partial charge in [-0.3, -0.25) is 4.79 Å². The molecule has 0 atom stereocenters. The number of carbonyl (C=O) groups excluding carboxylic acids is 1. The molecule has 0 aliphatic carbocycles. The van der Waals surface area contributed by atoms with Crippen molar-refractivity contribution < 1.29 is 20.1 Å². The fraction of sp³-hybridized carbons (Fsp3) is 0.286. The third kappa shape index (κ3) is 3.73. The van der Waals surface area contributed by atoms with Crippen molar-refractivity contribution in [3.63, 3.8) is 0 Å². The first kappa shape index (κ1) is 15.5. The van der Waals surface area contributed by atoms with Crippen LogP contribution in [-0.2, 0) is 4.79 Å². The molecule has 3 N–H and O–H groups in total. The molecule has 0 radical (unpaired) electrons. The van der Waals surface area contributed by atoms with Crippen molar-refractivity contribution in [2.45, 2.75) is 6.92 Å². The lowest BCUT2D eigenvalue weighted by atomic mass is 10.1. The summed E-state index contributed by atoms with van der Waals surface area (Å²) in [6.07, 6.45) is 1.32. The van der Waals surface area contributed by atoms with E-state index < -0.39 is 5.91 Å². The summed E-state index contributed by atoms with van der Waals surface area (Å²) in [5, 5.41) is 36.5. The van der Waals surface area contributed by atoms with Crippen LogP contribution < -0.4 is 0 Å². The van der Waals surface area contributed by atoms with Gasteiger partial charge in [0, 0.05) is 13.1 Å². The lowest BCUT2D eigenvalue weighted by Gasteiger charge is -2.18. The molecule has 0 saturated carbocycles. The average Bonchev–Trinajstić information content (AvgIpc) is 2.45. The minimum Gasteiger partial charge on any atom is -0.504 e. The number of nitrogens with zero attached hydrogens (tertiary/aromatic N) is 2. The van der Waals surface area contributed by atoms with Gasteiger partial charge in [0.2, 0.25) is 0 Å². The second kappa shape index (κ2) is 7.16. The molecule has 1 aromatic rings. The van der Waals surface area contributed by atoms with Gasteiger partial charge in [0.15, 0.2) is 11.5 Å². The van der Waals surface area contributed by atoms with E-state index in [0.29, 0.717) is 12.1 Å². The van der Waals surface area contributed by atoms with E-state index in [1.807, 2.05) is 0 Å². The molecular formula is C14H16N2O4. The van der Waals surface area contributed by atoms with E-state index in [4.69, 9.17) is 10.4 Å². The molecule has 1 aromatic carbocycles. The van der Waals surface area contributed by atoms with Crippen LogP contribution in [0.5, 0.6) is 11.5 Å². The molecule has 20 heavy (non-hydrogen) atoms. The summed E-state index contributed by atoms with van der Waals surface area (Å²) in [6.45, 7) is 2.08. The Kier molecular flexibility index (Phi) is 5.56. The molecule has 0 saturated heterocycles. The molecule has 0 fully saturated rings. The molecule has 0 bridgehead atoms.